The summed E-state index contributed by atoms with van der Waals surface area (Å²) >= 11 is 7.08. The van der Waals surface area contributed by atoms with Crippen LogP contribution in [0.25, 0.3) is 87.4 Å². The summed E-state index contributed by atoms with van der Waals surface area (Å²) in [6, 6.07) is 46.7. The molecule has 0 unspecified atom stereocenters. The van der Waals surface area contributed by atoms with Crippen molar-refractivity contribution in [3.63, 3.8) is 0 Å². The fourth-order valence-electron chi connectivity index (χ4n) is 6.80. The van der Waals surface area contributed by atoms with Crippen molar-refractivity contribution in [3.8, 4) is 22.3 Å². The lowest BCUT2D eigenvalue weighted by Gasteiger charge is -2.10. The Hall–Kier alpha value is -5.56. The van der Waals surface area contributed by atoms with E-state index in [2.05, 4.69) is 161 Å². The molecule has 0 aliphatic carbocycles. The molecule has 0 aliphatic rings. The third kappa shape index (κ3) is 5.56. The summed E-state index contributed by atoms with van der Waals surface area (Å²) in [6.07, 6.45) is 7.31. The molecule has 0 N–H and O–H groups in total. The summed E-state index contributed by atoms with van der Waals surface area (Å²) in [5.41, 5.74) is 8.56. The summed E-state index contributed by atoms with van der Waals surface area (Å²) in [4.78, 5) is 18.3. The Morgan fingerprint density at radius 3 is 1.16 bits per heavy atom. The largest absolute Gasteiger partial charge is 0.254 e. The lowest BCUT2D eigenvalue weighted by molar-refractivity contribution is 1.37. The quantitative estimate of drug-likeness (QED) is 0.164. The molecule has 0 fully saturated rings. The number of benzene rings is 6. The van der Waals surface area contributed by atoms with Crippen LogP contribution in [0.2, 0.25) is 0 Å². The molecule has 4 nitrogen and oxygen atoms in total. The van der Waals surface area contributed by atoms with Gasteiger partial charge in [-0.1, -0.05) is 92.5 Å². The summed E-state index contributed by atoms with van der Waals surface area (Å²) < 4.78 is 2.19. The zero-order valence-corrected chi connectivity index (χ0v) is 29.7. The van der Waals surface area contributed by atoms with Gasteiger partial charge in [-0.3, -0.25) is 19.9 Å². The van der Waals surface area contributed by atoms with Crippen LogP contribution in [0.15, 0.2) is 167 Å². The molecule has 50 heavy (non-hydrogen) atoms. The van der Waals surface area contributed by atoms with E-state index in [9.17, 15) is 0 Å². The van der Waals surface area contributed by atoms with E-state index < -0.39 is 0 Å². The van der Waals surface area contributed by atoms with Crippen LogP contribution in [0.1, 0.15) is 0 Å². The van der Waals surface area contributed by atoms with Gasteiger partial charge in [0.2, 0.25) is 0 Å². The third-order valence-electron chi connectivity index (χ3n) is 9.15. The van der Waals surface area contributed by atoms with E-state index in [4.69, 9.17) is 0 Å². The lowest BCUT2D eigenvalue weighted by Crippen LogP contribution is -1.89. The van der Waals surface area contributed by atoms with E-state index in [0.29, 0.717) is 0 Å². The molecule has 0 saturated heterocycles. The van der Waals surface area contributed by atoms with Gasteiger partial charge in [0.1, 0.15) is 0 Å². The second-order valence-corrected chi connectivity index (χ2v) is 14.0. The number of aromatic nitrogens is 4. The highest BCUT2D eigenvalue weighted by Crippen LogP contribution is 2.36. The molecule has 236 valence electrons. The van der Waals surface area contributed by atoms with Crippen molar-refractivity contribution < 1.29 is 0 Å². The minimum atomic E-state index is 0.950. The number of hydrogen-bond acceptors (Lipinski definition) is 4. The minimum absolute atomic E-state index is 0.950. The highest BCUT2D eigenvalue weighted by molar-refractivity contribution is 9.10. The van der Waals surface area contributed by atoms with Crippen LogP contribution in [-0.4, -0.2) is 19.9 Å². The van der Waals surface area contributed by atoms with E-state index in [1.54, 1.807) is 0 Å². The monoisotopic (exact) mass is 768 g/mol. The second-order valence-electron chi connectivity index (χ2n) is 12.2. The van der Waals surface area contributed by atoms with Gasteiger partial charge in [-0.2, -0.15) is 0 Å². The number of rotatable bonds is 2. The molecule has 0 radical (unpaired) electrons. The van der Waals surface area contributed by atoms with Crippen molar-refractivity contribution in [2.45, 2.75) is 0 Å². The molecule has 0 saturated carbocycles. The van der Waals surface area contributed by atoms with Crippen molar-refractivity contribution in [3.05, 3.63) is 167 Å². The van der Waals surface area contributed by atoms with Gasteiger partial charge in [-0.25, -0.2) is 0 Å². The van der Waals surface area contributed by atoms with Crippen LogP contribution in [-0.2, 0) is 0 Å². The first-order valence-corrected chi connectivity index (χ1v) is 17.8. The first kappa shape index (κ1) is 30.5. The van der Waals surface area contributed by atoms with Gasteiger partial charge in [-0.15, -0.1) is 0 Å². The number of halogens is 2. The van der Waals surface area contributed by atoms with Gasteiger partial charge in [-0.05, 0) is 117 Å². The topological polar surface area (TPSA) is 51.6 Å². The van der Waals surface area contributed by atoms with E-state index in [-0.39, 0.29) is 0 Å². The molecular formula is C44H26Br2N4. The number of pyridine rings is 4. The van der Waals surface area contributed by atoms with E-state index in [1.165, 1.54) is 43.8 Å². The van der Waals surface area contributed by atoms with Crippen molar-refractivity contribution in [2.75, 3.05) is 0 Å². The fourth-order valence-corrected chi connectivity index (χ4v) is 7.56. The first-order chi connectivity index (χ1) is 24.6. The first-order valence-electron chi connectivity index (χ1n) is 16.2. The summed E-state index contributed by atoms with van der Waals surface area (Å²) in [5.74, 6) is 0. The molecule has 10 aromatic rings. The fraction of sp³-hybridized carbons (Fsp3) is 0. The van der Waals surface area contributed by atoms with Crippen LogP contribution in [0.4, 0.5) is 0 Å². The van der Waals surface area contributed by atoms with Gasteiger partial charge in [0.25, 0.3) is 0 Å². The normalized spacial score (nSPS) is 11.4. The zero-order valence-electron chi connectivity index (χ0n) is 26.6. The smallest absolute Gasteiger partial charge is 0.0970 e. The van der Waals surface area contributed by atoms with E-state index in [0.717, 1.165) is 52.6 Å². The average Bonchev–Trinajstić information content (AvgIpc) is 3.17. The maximum atomic E-state index is 4.60. The standard InChI is InChI=1S/2C22H13BrN2/c2*23-18-8-7-14-11-16(6-5-15(14)12-18)20-13-17-3-1-9-24-21(17)22-19(20)4-2-10-25-22/h2*1-13H. The van der Waals surface area contributed by atoms with Crippen LogP contribution in [0.3, 0.4) is 0 Å². The van der Waals surface area contributed by atoms with Crippen LogP contribution >= 0.6 is 31.9 Å². The van der Waals surface area contributed by atoms with Crippen molar-refractivity contribution >= 4 is 97.0 Å². The van der Waals surface area contributed by atoms with E-state index in [1.807, 2.05) is 49.1 Å². The molecule has 6 aromatic carbocycles. The van der Waals surface area contributed by atoms with E-state index >= 15 is 0 Å². The molecule has 0 amide bonds. The highest BCUT2D eigenvalue weighted by Gasteiger charge is 2.12. The molecule has 10 rings (SSSR count). The summed E-state index contributed by atoms with van der Waals surface area (Å²) in [5, 5.41) is 9.38. The Bertz CT molecular complexity index is 2720. The average molecular weight is 771 g/mol. The lowest BCUT2D eigenvalue weighted by atomic mass is 9.96. The minimum Gasteiger partial charge on any atom is -0.254 e. The number of fused-ring (bicyclic) bond motifs is 8. The predicted molar refractivity (Wildman–Crippen MR) is 215 cm³/mol. The maximum absolute atomic E-state index is 4.60. The van der Waals surface area contributed by atoms with Gasteiger partial charge in [0, 0.05) is 55.3 Å². The predicted octanol–water partition coefficient (Wildman–Crippen LogP) is 12.7. The molecule has 4 heterocycles. The summed E-state index contributed by atoms with van der Waals surface area (Å²) in [7, 11) is 0. The van der Waals surface area contributed by atoms with Crippen LogP contribution < -0.4 is 0 Å². The SMILES string of the molecule is Brc1ccc2cc(-c3cc4cccnc4c4ncccc34)ccc2c1.Brc1ccc2cc(-c3cc4cccnc4c4ncccc34)ccc2c1. The molecule has 0 aliphatic heterocycles. The highest BCUT2D eigenvalue weighted by atomic mass is 79.9. The van der Waals surface area contributed by atoms with Crippen LogP contribution in [0, 0.1) is 0 Å². The second kappa shape index (κ2) is 12.7. The Morgan fingerprint density at radius 1 is 0.320 bits per heavy atom. The molecule has 0 bridgehead atoms. The number of hydrogen-bond donors (Lipinski definition) is 0. The Labute approximate surface area is 304 Å². The van der Waals surface area contributed by atoms with Crippen molar-refractivity contribution in [1.29, 1.82) is 0 Å². The zero-order chi connectivity index (χ0) is 33.6. The number of nitrogens with zero attached hydrogens (tertiary/aromatic N) is 4. The summed E-state index contributed by atoms with van der Waals surface area (Å²) in [6.45, 7) is 0. The van der Waals surface area contributed by atoms with Crippen molar-refractivity contribution in [1.82, 2.24) is 19.9 Å². The Kier molecular flexibility index (Phi) is 7.76. The molecule has 6 heteroatoms. The van der Waals surface area contributed by atoms with Gasteiger partial charge in [0.15, 0.2) is 0 Å². The van der Waals surface area contributed by atoms with Gasteiger partial charge < -0.3 is 0 Å². The van der Waals surface area contributed by atoms with Crippen molar-refractivity contribution in [2.24, 2.45) is 0 Å². The van der Waals surface area contributed by atoms with Gasteiger partial charge in [0.05, 0.1) is 22.1 Å². The molecular weight excluding hydrogens is 744 g/mol. The van der Waals surface area contributed by atoms with Gasteiger partial charge >= 0.3 is 0 Å². The Balaban J connectivity index is 0.000000135. The van der Waals surface area contributed by atoms with Crippen LogP contribution in [0.5, 0.6) is 0 Å². The Morgan fingerprint density at radius 2 is 0.700 bits per heavy atom. The molecule has 0 atom stereocenters. The molecule has 0 spiro atoms. The third-order valence-corrected chi connectivity index (χ3v) is 10.1. The molecule has 4 aromatic heterocycles. The maximum Gasteiger partial charge on any atom is 0.0970 e.